The van der Waals surface area contributed by atoms with Crippen LogP contribution in [0.2, 0.25) is 0 Å². The van der Waals surface area contributed by atoms with Gasteiger partial charge in [0.05, 0.1) is 11.5 Å². The number of carbonyl (C=O) groups excluding carboxylic acids is 1. The third-order valence-corrected chi connectivity index (χ3v) is 5.42. The fraction of sp³-hybridized carbons (Fsp3) is 0.941. The first-order chi connectivity index (χ1) is 10.0. The Kier molecular flexibility index (Phi) is 4.55. The topological polar surface area (TPSA) is 41.6 Å². The number of ether oxygens (including phenoxy) is 1. The summed E-state index contributed by atoms with van der Waals surface area (Å²) in [5.41, 5.74) is -0.0933. The largest absolute Gasteiger partial charge is 0.375 e. The smallest absolute Gasteiger partial charge is 0.225 e. The summed E-state index contributed by atoms with van der Waals surface area (Å²) in [6.45, 7) is 6.93. The van der Waals surface area contributed by atoms with Crippen LogP contribution < -0.4 is 5.32 Å². The molecule has 0 spiro atoms. The van der Waals surface area contributed by atoms with Crippen LogP contribution in [0.25, 0.3) is 0 Å². The van der Waals surface area contributed by atoms with Crippen LogP contribution in [0.1, 0.15) is 58.8 Å². The van der Waals surface area contributed by atoms with E-state index in [0.717, 1.165) is 38.6 Å². The normalized spacial score (nSPS) is 31.6. The molecule has 0 aromatic carbocycles. The van der Waals surface area contributed by atoms with Crippen molar-refractivity contribution in [2.75, 3.05) is 19.7 Å². The monoisotopic (exact) mass is 294 g/mol. The minimum atomic E-state index is -0.0933. The molecule has 4 heteroatoms. The Balaban J connectivity index is 1.41. The van der Waals surface area contributed by atoms with Gasteiger partial charge in [0.15, 0.2) is 0 Å². The van der Waals surface area contributed by atoms with Gasteiger partial charge in [0, 0.05) is 31.8 Å². The van der Waals surface area contributed by atoms with Gasteiger partial charge < -0.3 is 10.1 Å². The number of nitrogens with one attached hydrogen (secondary N) is 1. The van der Waals surface area contributed by atoms with Gasteiger partial charge in [-0.1, -0.05) is 19.3 Å². The van der Waals surface area contributed by atoms with Crippen LogP contribution in [-0.2, 0) is 9.53 Å². The zero-order valence-corrected chi connectivity index (χ0v) is 13.6. The van der Waals surface area contributed by atoms with Crippen LogP contribution in [0, 0.1) is 5.92 Å². The molecule has 0 aromatic heterocycles. The molecule has 0 bridgehead atoms. The average molecular weight is 294 g/mol. The Morgan fingerprint density at radius 1 is 1.14 bits per heavy atom. The molecule has 0 radical (unpaired) electrons. The van der Waals surface area contributed by atoms with Crippen molar-refractivity contribution < 1.29 is 9.53 Å². The van der Waals surface area contributed by atoms with Gasteiger partial charge >= 0.3 is 0 Å². The number of rotatable bonds is 3. The summed E-state index contributed by atoms with van der Waals surface area (Å²) < 4.78 is 5.71. The average Bonchev–Trinajstić information content (AvgIpc) is 2.37. The summed E-state index contributed by atoms with van der Waals surface area (Å²) in [5, 5.41) is 3.25. The van der Waals surface area contributed by atoms with E-state index in [9.17, 15) is 4.79 Å². The molecule has 21 heavy (non-hydrogen) atoms. The maximum Gasteiger partial charge on any atom is 0.225 e. The molecule has 0 aromatic rings. The molecule has 1 N–H and O–H groups in total. The first-order valence-electron chi connectivity index (χ1n) is 8.72. The van der Waals surface area contributed by atoms with Crippen LogP contribution in [0.15, 0.2) is 0 Å². The van der Waals surface area contributed by atoms with Crippen molar-refractivity contribution in [1.29, 1.82) is 0 Å². The Hall–Kier alpha value is -0.610. The highest BCUT2D eigenvalue weighted by Crippen LogP contribution is 2.29. The van der Waals surface area contributed by atoms with Crippen LogP contribution in [0.4, 0.5) is 0 Å². The summed E-state index contributed by atoms with van der Waals surface area (Å²) in [5.74, 6) is 0.489. The Labute approximate surface area is 128 Å². The SMILES string of the molecule is CC1(C)CC(NC(=O)C2CN(C3CCCCC3)C2)CCO1. The number of carbonyl (C=O) groups is 1. The number of hydrogen-bond acceptors (Lipinski definition) is 3. The fourth-order valence-electron chi connectivity index (χ4n) is 4.10. The van der Waals surface area contributed by atoms with Crippen molar-refractivity contribution in [3.8, 4) is 0 Å². The second kappa shape index (κ2) is 6.25. The van der Waals surface area contributed by atoms with Gasteiger partial charge in [-0.2, -0.15) is 0 Å². The van der Waals surface area contributed by atoms with Gasteiger partial charge in [0.25, 0.3) is 0 Å². The van der Waals surface area contributed by atoms with Crippen LogP contribution >= 0.6 is 0 Å². The summed E-state index contributed by atoms with van der Waals surface area (Å²) in [7, 11) is 0. The van der Waals surface area contributed by atoms with Crippen molar-refractivity contribution in [1.82, 2.24) is 10.2 Å². The summed E-state index contributed by atoms with van der Waals surface area (Å²) in [6, 6.07) is 1.05. The first kappa shape index (κ1) is 15.3. The molecular weight excluding hydrogens is 264 g/mol. The molecule has 1 unspecified atom stereocenters. The van der Waals surface area contributed by atoms with E-state index < -0.39 is 0 Å². The Morgan fingerprint density at radius 3 is 2.52 bits per heavy atom. The van der Waals surface area contributed by atoms with E-state index in [2.05, 4.69) is 24.1 Å². The van der Waals surface area contributed by atoms with Gasteiger partial charge in [0.1, 0.15) is 0 Å². The number of likely N-dealkylation sites (tertiary alicyclic amines) is 1. The van der Waals surface area contributed by atoms with Crippen LogP contribution in [-0.4, -0.2) is 48.2 Å². The van der Waals surface area contributed by atoms with Gasteiger partial charge in [-0.25, -0.2) is 0 Å². The lowest BCUT2D eigenvalue weighted by molar-refractivity contribution is -0.134. The molecule has 1 saturated carbocycles. The molecule has 2 aliphatic heterocycles. The minimum absolute atomic E-state index is 0.0933. The third kappa shape index (κ3) is 3.78. The molecule has 2 heterocycles. The predicted octanol–water partition coefficient (Wildman–Crippen LogP) is 2.32. The zero-order valence-electron chi connectivity index (χ0n) is 13.6. The molecule has 3 rings (SSSR count). The van der Waals surface area contributed by atoms with Crippen molar-refractivity contribution in [3.63, 3.8) is 0 Å². The molecule has 120 valence electrons. The summed E-state index contributed by atoms with van der Waals surface area (Å²) in [4.78, 5) is 14.9. The molecular formula is C17H30N2O2. The van der Waals surface area contributed by atoms with E-state index in [1.807, 2.05) is 0 Å². The van der Waals surface area contributed by atoms with E-state index >= 15 is 0 Å². The quantitative estimate of drug-likeness (QED) is 0.868. The highest BCUT2D eigenvalue weighted by atomic mass is 16.5. The maximum absolute atomic E-state index is 12.4. The van der Waals surface area contributed by atoms with Crippen molar-refractivity contribution in [2.45, 2.75) is 76.5 Å². The lowest BCUT2D eigenvalue weighted by Crippen LogP contribution is -2.59. The molecule has 4 nitrogen and oxygen atoms in total. The van der Waals surface area contributed by atoms with Crippen LogP contribution in [0.3, 0.4) is 0 Å². The number of nitrogens with zero attached hydrogens (tertiary/aromatic N) is 1. The predicted molar refractivity (Wildman–Crippen MR) is 83.1 cm³/mol. The summed E-state index contributed by atoms with van der Waals surface area (Å²) >= 11 is 0. The highest BCUT2D eigenvalue weighted by Gasteiger charge is 2.38. The second-order valence-corrected chi connectivity index (χ2v) is 7.75. The van der Waals surface area contributed by atoms with Gasteiger partial charge in [-0.3, -0.25) is 9.69 Å². The highest BCUT2D eigenvalue weighted by molar-refractivity contribution is 5.80. The second-order valence-electron chi connectivity index (χ2n) is 7.75. The van der Waals surface area contributed by atoms with Crippen molar-refractivity contribution in [3.05, 3.63) is 0 Å². The Morgan fingerprint density at radius 2 is 1.86 bits per heavy atom. The van der Waals surface area contributed by atoms with Crippen LogP contribution in [0.5, 0.6) is 0 Å². The van der Waals surface area contributed by atoms with Gasteiger partial charge in [-0.15, -0.1) is 0 Å². The lowest BCUT2D eigenvalue weighted by atomic mass is 9.88. The molecule has 2 saturated heterocycles. The number of hydrogen-bond donors (Lipinski definition) is 1. The molecule has 3 aliphatic rings. The van der Waals surface area contributed by atoms with Crippen molar-refractivity contribution >= 4 is 5.91 Å². The standard InChI is InChI=1S/C17H30N2O2/c1-17(2)10-14(8-9-21-17)18-16(20)13-11-19(12-13)15-6-4-3-5-7-15/h13-15H,3-12H2,1-2H3,(H,18,20). The zero-order chi connectivity index (χ0) is 14.9. The van der Waals surface area contributed by atoms with Crippen molar-refractivity contribution in [2.24, 2.45) is 5.92 Å². The van der Waals surface area contributed by atoms with E-state index in [1.54, 1.807) is 0 Å². The minimum Gasteiger partial charge on any atom is -0.375 e. The lowest BCUT2D eigenvalue weighted by Gasteiger charge is -2.45. The molecule has 3 fully saturated rings. The van der Waals surface area contributed by atoms with Gasteiger partial charge in [0.2, 0.25) is 5.91 Å². The fourth-order valence-corrected chi connectivity index (χ4v) is 4.10. The Bertz CT molecular complexity index is 371. The number of amides is 1. The molecule has 1 atom stereocenters. The summed E-state index contributed by atoms with van der Waals surface area (Å²) in [6.07, 6.45) is 8.69. The third-order valence-electron chi connectivity index (χ3n) is 5.42. The molecule has 1 aliphatic carbocycles. The molecule has 1 amide bonds. The van der Waals surface area contributed by atoms with E-state index in [1.165, 1.54) is 32.1 Å². The van der Waals surface area contributed by atoms with Gasteiger partial charge in [-0.05, 0) is 39.5 Å². The maximum atomic E-state index is 12.4. The van der Waals surface area contributed by atoms with E-state index in [4.69, 9.17) is 4.74 Å². The van der Waals surface area contributed by atoms with E-state index in [-0.39, 0.29) is 17.4 Å². The van der Waals surface area contributed by atoms with E-state index in [0.29, 0.717) is 6.04 Å². The first-order valence-corrected chi connectivity index (χ1v) is 8.72.